The lowest BCUT2D eigenvalue weighted by Crippen LogP contribution is -2.56. The van der Waals surface area contributed by atoms with Crippen LogP contribution < -0.4 is 4.72 Å². The van der Waals surface area contributed by atoms with Crippen molar-refractivity contribution in [1.82, 2.24) is 9.03 Å². The zero-order chi connectivity index (χ0) is 11.5. The molecule has 0 spiro atoms. The van der Waals surface area contributed by atoms with E-state index in [4.69, 9.17) is 5.11 Å². The van der Waals surface area contributed by atoms with Crippen molar-refractivity contribution in [2.45, 2.75) is 0 Å². The number of methoxy groups -OCH3 is 1. The van der Waals surface area contributed by atoms with Crippen LogP contribution in [0.5, 0.6) is 0 Å². The monoisotopic (exact) mass is 238 g/mol. The average Bonchev–Trinajstić information content (AvgIpc) is 1.99. The van der Waals surface area contributed by atoms with Crippen molar-refractivity contribution < 1.29 is 23.1 Å². The van der Waals surface area contributed by atoms with Crippen molar-refractivity contribution in [2.24, 2.45) is 5.92 Å². The molecule has 1 heterocycles. The lowest BCUT2D eigenvalue weighted by atomic mass is 10.0. The van der Waals surface area contributed by atoms with Crippen LogP contribution in [0.3, 0.4) is 0 Å². The second-order valence-corrected chi connectivity index (χ2v) is 5.00. The Labute approximate surface area is 88.2 Å². The van der Waals surface area contributed by atoms with Crippen LogP contribution in [-0.4, -0.2) is 57.1 Å². The molecular formula is C7H14N2O5S. The summed E-state index contributed by atoms with van der Waals surface area (Å²) >= 11 is 0. The maximum absolute atomic E-state index is 11.4. The summed E-state index contributed by atoms with van der Waals surface area (Å²) in [5.74, 6) is -1.54. The first kappa shape index (κ1) is 12.4. The highest BCUT2D eigenvalue weighted by Gasteiger charge is 2.39. The third-order valence-corrected chi connectivity index (χ3v) is 3.67. The second kappa shape index (κ2) is 4.88. The van der Waals surface area contributed by atoms with Crippen LogP contribution >= 0.6 is 0 Å². The molecule has 0 aromatic heterocycles. The van der Waals surface area contributed by atoms with Gasteiger partial charge in [-0.15, -0.1) is 0 Å². The van der Waals surface area contributed by atoms with Gasteiger partial charge in [-0.3, -0.25) is 4.79 Å². The summed E-state index contributed by atoms with van der Waals surface area (Å²) in [7, 11) is -2.05. The van der Waals surface area contributed by atoms with Crippen LogP contribution in [0.15, 0.2) is 0 Å². The highest BCUT2D eigenvalue weighted by atomic mass is 32.2. The van der Waals surface area contributed by atoms with E-state index in [0.717, 1.165) is 4.31 Å². The molecule has 0 aromatic rings. The van der Waals surface area contributed by atoms with Gasteiger partial charge in [0.15, 0.2) is 0 Å². The van der Waals surface area contributed by atoms with E-state index in [9.17, 15) is 13.2 Å². The fourth-order valence-electron chi connectivity index (χ4n) is 1.15. The molecule has 88 valence electrons. The fraction of sp³-hybridized carbons (Fsp3) is 0.857. The molecule has 0 amide bonds. The standard InChI is InChI=1S/C7H14N2O5S/c1-14-3-2-8-15(12,13)9-4-6(5-9)7(10)11/h6,8H,2-5H2,1H3,(H,10,11). The summed E-state index contributed by atoms with van der Waals surface area (Å²) in [4.78, 5) is 10.5. The van der Waals surface area contributed by atoms with Crippen LogP contribution in [0.2, 0.25) is 0 Å². The second-order valence-electron chi connectivity index (χ2n) is 3.24. The molecule has 0 radical (unpaired) electrons. The predicted octanol–water partition coefficient (Wildman–Crippen LogP) is -1.52. The average molecular weight is 238 g/mol. The van der Waals surface area contributed by atoms with Crippen molar-refractivity contribution in [3.05, 3.63) is 0 Å². The number of rotatable bonds is 6. The van der Waals surface area contributed by atoms with Gasteiger partial charge < -0.3 is 9.84 Å². The summed E-state index contributed by atoms with van der Waals surface area (Å²) in [5.41, 5.74) is 0. The van der Waals surface area contributed by atoms with E-state index in [1.165, 1.54) is 7.11 Å². The Morgan fingerprint density at radius 2 is 2.20 bits per heavy atom. The molecule has 15 heavy (non-hydrogen) atoms. The highest BCUT2D eigenvalue weighted by Crippen LogP contribution is 2.18. The van der Waals surface area contributed by atoms with Gasteiger partial charge in [-0.05, 0) is 0 Å². The maximum Gasteiger partial charge on any atom is 0.309 e. The fourth-order valence-corrected chi connectivity index (χ4v) is 2.43. The van der Waals surface area contributed by atoms with E-state index < -0.39 is 22.1 Å². The van der Waals surface area contributed by atoms with Crippen molar-refractivity contribution in [1.29, 1.82) is 0 Å². The normalized spacial score (nSPS) is 18.7. The number of carbonyl (C=O) groups is 1. The van der Waals surface area contributed by atoms with Gasteiger partial charge >= 0.3 is 5.97 Å². The molecule has 0 aromatic carbocycles. The number of nitrogens with one attached hydrogen (secondary N) is 1. The molecule has 1 aliphatic rings. The summed E-state index contributed by atoms with van der Waals surface area (Å²) in [6.45, 7) is 0.553. The summed E-state index contributed by atoms with van der Waals surface area (Å²) in [5, 5.41) is 8.57. The maximum atomic E-state index is 11.4. The van der Waals surface area contributed by atoms with E-state index in [1.807, 2.05) is 0 Å². The van der Waals surface area contributed by atoms with Crippen LogP contribution in [0.25, 0.3) is 0 Å². The molecule has 0 bridgehead atoms. The minimum Gasteiger partial charge on any atom is -0.481 e. The lowest BCUT2D eigenvalue weighted by Gasteiger charge is -2.35. The molecule has 2 N–H and O–H groups in total. The van der Waals surface area contributed by atoms with E-state index >= 15 is 0 Å². The highest BCUT2D eigenvalue weighted by molar-refractivity contribution is 7.87. The quantitative estimate of drug-likeness (QED) is 0.548. The summed E-state index contributed by atoms with van der Waals surface area (Å²) < 4.78 is 30.9. The van der Waals surface area contributed by atoms with Crippen molar-refractivity contribution in [2.75, 3.05) is 33.4 Å². The number of ether oxygens (including phenoxy) is 1. The van der Waals surface area contributed by atoms with Crippen molar-refractivity contribution in [3.8, 4) is 0 Å². The number of carboxylic acid groups (broad SMARTS) is 1. The van der Waals surface area contributed by atoms with E-state index in [2.05, 4.69) is 9.46 Å². The zero-order valence-electron chi connectivity index (χ0n) is 8.34. The number of carboxylic acids is 1. The van der Waals surface area contributed by atoms with Gasteiger partial charge in [0.2, 0.25) is 0 Å². The predicted molar refractivity (Wildman–Crippen MR) is 51.5 cm³/mol. The number of hydrogen-bond donors (Lipinski definition) is 2. The molecule has 0 saturated carbocycles. The summed E-state index contributed by atoms with van der Waals surface area (Å²) in [6, 6.07) is 0. The van der Waals surface area contributed by atoms with Gasteiger partial charge in [0.1, 0.15) is 0 Å². The SMILES string of the molecule is COCCNS(=O)(=O)N1CC(C(=O)O)C1. The van der Waals surface area contributed by atoms with Crippen LogP contribution in [0.1, 0.15) is 0 Å². The lowest BCUT2D eigenvalue weighted by molar-refractivity contribution is -0.145. The first-order chi connectivity index (χ1) is 6.97. The molecule has 0 atom stereocenters. The Morgan fingerprint density at radius 1 is 1.60 bits per heavy atom. The van der Waals surface area contributed by atoms with E-state index in [1.54, 1.807) is 0 Å². The Balaban J connectivity index is 2.35. The molecule has 1 rings (SSSR count). The smallest absolute Gasteiger partial charge is 0.309 e. The van der Waals surface area contributed by atoms with Gasteiger partial charge in [0.05, 0.1) is 12.5 Å². The molecule has 1 saturated heterocycles. The molecule has 8 heteroatoms. The molecular weight excluding hydrogens is 224 g/mol. The molecule has 7 nitrogen and oxygen atoms in total. The molecule has 0 aliphatic carbocycles. The zero-order valence-corrected chi connectivity index (χ0v) is 9.16. The number of aliphatic carboxylic acids is 1. The van der Waals surface area contributed by atoms with Gasteiger partial charge in [-0.25, -0.2) is 0 Å². The Bertz CT molecular complexity index is 322. The molecule has 1 fully saturated rings. The topological polar surface area (TPSA) is 95.9 Å². The minimum atomic E-state index is -3.52. The Morgan fingerprint density at radius 3 is 2.67 bits per heavy atom. The Hall–Kier alpha value is -0.700. The number of nitrogens with zero attached hydrogens (tertiary/aromatic N) is 1. The van der Waals surface area contributed by atoms with Gasteiger partial charge in [0.25, 0.3) is 10.2 Å². The van der Waals surface area contributed by atoms with Gasteiger partial charge in [-0.2, -0.15) is 17.4 Å². The van der Waals surface area contributed by atoms with E-state index in [0.29, 0.717) is 0 Å². The van der Waals surface area contributed by atoms with Crippen LogP contribution in [0.4, 0.5) is 0 Å². The largest absolute Gasteiger partial charge is 0.481 e. The van der Waals surface area contributed by atoms with Crippen molar-refractivity contribution >= 4 is 16.2 Å². The third-order valence-electron chi connectivity index (χ3n) is 2.13. The Kier molecular flexibility index (Phi) is 4.03. The first-order valence-electron chi connectivity index (χ1n) is 4.44. The van der Waals surface area contributed by atoms with Crippen molar-refractivity contribution in [3.63, 3.8) is 0 Å². The molecule has 0 unspecified atom stereocenters. The van der Waals surface area contributed by atoms with Gasteiger partial charge in [0, 0.05) is 26.7 Å². The minimum absolute atomic E-state index is 0.0393. The van der Waals surface area contributed by atoms with E-state index in [-0.39, 0.29) is 26.2 Å². The molecule has 1 aliphatic heterocycles. The third kappa shape index (κ3) is 3.13. The first-order valence-corrected chi connectivity index (χ1v) is 5.88. The van der Waals surface area contributed by atoms with Crippen LogP contribution in [-0.2, 0) is 19.7 Å². The van der Waals surface area contributed by atoms with Crippen LogP contribution in [0, 0.1) is 5.92 Å². The number of hydrogen-bond acceptors (Lipinski definition) is 4. The van der Waals surface area contributed by atoms with Gasteiger partial charge in [-0.1, -0.05) is 0 Å². The summed E-state index contributed by atoms with van der Waals surface area (Å²) in [6.07, 6.45) is 0.